The van der Waals surface area contributed by atoms with E-state index < -0.39 is 35.7 Å². The monoisotopic (exact) mass is 424 g/mol. The van der Waals surface area contributed by atoms with Crippen LogP contribution in [0.25, 0.3) is 0 Å². The fourth-order valence-corrected chi connectivity index (χ4v) is 3.46. The summed E-state index contributed by atoms with van der Waals surface area (Å²) in [5.74, 6) is -2.80. The quantitative estimate of drug-likeness (QED) is 0.642. The van der Waals surface area contributed by atoms with Crippen LogP contribution in [0.4, 0.5) is 18.0 Å². The first-order chi connectivity index (χ1) is 14.1. The molecule has 0 aromatic heterocycles. The van der Waals surface area contributed by atoms with Gasteiger partial charge in [0.2, 0.25) is 5.72 Å². The van der Waals surface area contributed by atoms with Crippen molar-refractivity contribution in [3.63, 3.8) is 0 Å². The van der Waals surface area contributed by atoms with Crippen LogP contribution in [0.2, 0.25) is 0 Å². The maximum Gasteiger partial charge on any atom is 0.437 e. The average Bonchev–Trinajstić information content (AvgIpc) is 2.72. The molecule has 0 spiro atoms. The Morgan fingerprint density at radius 2 is 1.77 bits per heavy atom. The van der Waals surface area contributed by atoms with Crippen molar-refractivity contribution in [2.45, 2.75) is 17.9 Å². The van der Waals surface area contributed by atoms with Crippen LogP contribution in [0, 0.1) is 5.92 Å². The first-order valence-corrected chi connectivity index (χ1v) is 8.81. The molecular weight excluding hydrogens is 405 g/mol. The molecule has 2 aromatic carbocycles. The highest BCUT2D eigenvalue weighted by Gasteiger charge is 2.66. The molecule has 1 fully saturated rings. The molecule has 0 unspecified atom stereocenters. The minimum Gasteiger partial charge on any atom is -0.497 e. The Hall–Kier alpha value is -3.27. The molecule has 0 bridgehead atoms. The van der Waals surface area contributed by atoms with E-state index in [4.69, 9.17) is 9.47 Å². The highest BCUT2D eigenvalue weighted by molar-refractivity contribution is 6.00. The lowest BCUT2D eigenvalue weighted by atomic mass is 9.77. The number of hydrogen-bond donors (Lipinski definition) is 3. The van der Waals surface area contributed by atoms with Gasteiger partial charge in [-0.05, 0) is 18.2 Å². The van der Waals surface area contributed by atoms with Gasteiger partial charge >= 0.3 is 12.2 Å². The van der Waals surface area contributed by atoms with Crippen LogP contribution in [0.5, 0.6) is 11.5 Å². The Bertz CT molecular complexity index is 951. The summed E-state index contributed by atoms with van der Waals surface area (Å²) in [5.41, 5.74) is -3.83. The second-order valence-electron chi connectivity index (χ2n) is 6.66. The van der Waals surface area contributed by atoms with Crippen LogP contribution >= 0.6 is 0 Å². The SMILES string of the molecule is COc1ccc(OC)c([C@H]2NC(=O)N[C@@](O)(C(F)(F)F)[C@H]2C(=O)c2ccccc2)c1. The Balaban J connectivity index is 2.23. The zero-order valence-corrected chi connectivity index (χ0v) is 16.0. The second-order valence-corrected chi connectivity index (χ2v) is 6.66. The number of rotatable bonds is 5. The van der Waals surface area contributed by atoms with E-state index >= 15 is 0 Å². The van der Waals surface area contributed by atoms with Gasteiger partial charge in [-0.3, -0.25) is 4.79 Å². The third kappa shape index (κ3) is 3.65. The summed E-state index contributed by atoms with van der Waals surface area (Å²) in [6, 6.07) is 8.64. The van der Waals surface area contributed by atoms with Gasteiger partial charge in [0.15, 0.2) is 5.78 Å². The molecule has 2 amide bonds. The number of urea groups is 1. The Morgan fingerprint density at radius 3 is 2.33 bits per heavy atom. The number of methoxy groups -OCH3 is 2. The molecule has 10 heteroatoms. The number of aliphatic hydroxyl groups is 1. The summed E-state index contributed by atoms with van der Waals surface area (Å²) in [6.07, 6.45) is -5.34. The maximum absolute atomic E-state index is 13.9. The van der Waals surface area contributed by atoms with Crippen molar-refractivity contribution in [3.8, 4) is 11.5 Å². The van der Waals surface area contributed by atoms with Crippen LogP contribution < -0.4 is 20.1 Å². The van der Waals surface area contributed by atoms with Crippen LogP contribution in [0.15, 0.2) is 48.5 Å². The third-order valence-corrected chi connectivity index (χ3v) is 4.92. The molecule has 7 nitrogen and oxygen atoms in total. The molecule has 3 atom stereocenters. The van der Waals surface area contributed by atoms with Crippen molar-refractivity contribution >= 4 is 11.8 Å². The van der Waals surface area contributed by atoms with E-state index in [-0.39, 0.29) is 22.6 Å². The highest BCUT2D eigenvalue weighted by Crippen LogP contribution is 2.46. The van der Waals surface area contributed by atoms with Crippen molar-refractivity contribution < 1.29 is 37.3 Å². The van der Waals surface area contributed by atoms with Gasteiger partial charge < -0.3 is 25.2 Å². The number of carbonyl (C=O) groups is 2. The van der Waals surface area contributed by atoms with E-state index in [0.717, 1.165) is 0 Å². The normalized spacial score (nSPS) is 23.9. The molecule has 3 rings (SSSR count). The molecule has 1 heterocycles. The van der Waals surface area contributed by atoms with Gasteiger partial charge in [-0.25, -0.2) is 4.79 Å². The molecular formula is C20H19F3N2O5. The topological polar surface area (TPSA) is 96.9 Å². The van der Waals surface area contributed by atoms with Crippen LogP contribution in [0.1, 0.15) is 22.0 Å². The number of halogens is 3. The van der Waals surface area contributed by atoms with Gasteiger partial charge in [0.05, 0.1) is 20.3 Å². The van der Waals surface area contributed by atoms with Crippen LogP contribution in [-0.2, 0) is 0 Å². The lowest BCUT2D eigenvalue weighted by Crippen LogP contribution is -2.72. The summed E-state index contributed by atoms with van der Waals surface area (Å²) in [5, 5.41) is 14.4. The number of amides is 2. The zero-order chi connectivity index (χ0) is 22.1. The summed E-state index contributed by atoms with van der Waals surface area (Å²) in [4.78, 5) is 25.3. The smallest absolute Gasteiger partial charge is 0.437 e. The summed E-state index contributed by atoms with van der Waals surface area (Å²) >= 11 is 0. The van der Waals surface area contributed by atoms with Crippen molar-refractivity contribution in [1.82, 2.24) is 10.6 Å². The lowest BCUT2D eigenvalue weighted by Gasteiger charge is -2.45. The molecule has 3 N–H and O–H groups in total. The van der Waals surface area contributed by atoms with Crippen molar-refractivity contribution in [2.24, 2.45) is 5.92 Å². The maximum atomic E-state index is 13.9. The van der Waals surface area contributed by atoms with E-state index in [1.54, 1.807) is 6.07 Å². The predicted octanol–water partition coefficient (Wildman–Crippen LogP) is 2.81. The van der Waals surface area contributed by atoms with E-state index in [0.29, 0.717) is 0 Å². The Morgan fingerprint density at radius 1 is 1.10 bits per heavy atom. The van der Waals surface area contributed by atoms with Crippen LogP contribution in [0.3, 0.4) is 0 Å². The Kier molecular flexibility index (Phi) is 5.62. The first kappa shape index (κ1) is 21.4. The molecule has 160 valence electrons. The van der Waals surface area contributed by atoms with Crippen molar-refractivity contribution in [3.05, 3.63) is 59.7 Å². The first-order valence-electron chi connectivity index (χ1n) is 8.81. The number of ether oxygens (including phenoxy) is 2. The number of carbonyl (C=O) groups excluding carboxylic acids is 2. The van der Waals surface area contributed by atoms with Crippen molar-refractivity contribution in [2.75, 3.05) is 14.2 Å². The summed E-state index contributed by atoms with van der Waals surface area (Å²) in [6.45, 7) is 0. The number of ketones is 1. The van der Waals surface area contributed by atoms with E-state index in [1.165, 1.54) is 62.0 Å². The number of benzene rings is 2. The summed E-state index contributed by atoms with van der Waals surface area (Å²) in [7, 11) is 2.64. The molecule has 1 aliphatic heterocycles. The van der Waals surface area contributed by atoms with Gasteiger partial charge in [0.1, 0.15) is 17.4 Å². The fourth-order valence-electron chi connectivity index (χ4n) is 3.46. The molecule has 1 saturated heterocycles. The summed E-state index contributed by atoms with van der Waals surface area (Å²) < 4.78 is 52.2. The minimum absolute atomic E-state index is 0.0451. The molecule has 0 radical (unpaired) electrons. The van der Waals surface area contributed by atoms with Gasteiger partial charge in [-0.2, -0.15) is 13.2 Å². The van der Waals surface area contributed by atoms with E-state index in [1.807, 2.05) is 0 Å². The number of hydrogen-bond acceptors (Lipinski definition) is 5. The van der Waals surface area contributed by atoms with Crippen LogP contribution in [-0.4, -0.2) is 43.0 Å². The largest absolute Gasteiger partial charge is 0.497 e. The standard InChI is InChI=1S/C20H19F3N2O5/c1-29-12-8-9-14(30-2)13(10-12)16-15(17(26)11-6-4-3-5-7-11)19(28,20(21,22)23)25-18(27)24-16/h3-10,15-16,28H,1-2H3,(H2,24,25,27)/t15-,16-,19+/m1/s1. The van der Waals surface area contributed by atoms with Gasteiger partial charge in [-0.1, -0.05) is 30.3 Å². The zero-order valence-electron chi connectivity index (χ0n) is 16.0. The molecule has 0 aliphatic carbocycles. The molecule has 2 aromatic rings. The number of nitrogens with one attached hydrogen (secondary N) is 2. The van der Waals surface area contributed by atoms with Gasteiger partial charge in [0, 0.05) is 11.1 Å². The molecule has 1 aliphatic rings. The Labute approximate surface area is 169 Å². The predicted molar refractivity (Wildman–Crippen MR) is 99.2 cm³/mol. The fraction of sp³-hybridized carbons (Fsp3) is 0.300. The van der Waals surface area contributed by atoms with E-state index in [9.17, 15) is 27.9 Å². The highest BCUT2D eigenvalue weighted by atomic mass is 19.4. The third-order valence-electron chi connectivity index (χ3n) is 4.92. The lowest BCUT2D eigenvalue weighted by molar-refractivity contribution is -0.287. The minimum atomic E-state index is -5.34. The molecule has 0 saturated carbocycles. The van der Waals surface area contributed by atoms with E-state index in [2.05, 4.69) is 5.32 Å². The number of Topliss-reactive ketones (excluding diaryl/α,β-unsaturated/α-hetero) is 1. The number of alkyl halides is 3. The van der Waals surface area contributed by atoms with Crippen molar-refractivity contribution in [1.29, 1.82) is 0 Å². The molecule has 30 heavy (non-hydrogen) atoms. The van der Waals surface area contributed by atoms with Gasteiger partial charge in [-0.15, -0.1) is 0 Å². The second kappa shape index (κ2) is 7.86. The van der Waals surface area contributed by atoms with Gasteiger partial charge in [0.25, 0.3) is 0 Å². The average molecular weight is 424 g/mol.